The third-order valence-electron chi connectivity index (χ3n) is 7.60. The molecule has 0 aromatic heterocycles. The second-order valence-corrected chi connectivity index (χ2v) is 10.5. The van der Waals surface area contributed by atoms with Crippen LogP contribution in [0.3, 0.4) is 0 Å². The van der Waals surface area contributed by atoms with Gasteiger partial charge in [-0.25, -0.2) is 0 Å². The first-order chi connectivity index (χ1) is 18.1. The van der Waals surface area contributed by atoms with Gasteiger partial charge in [0.15, 0.2) is 0 Å². The van der Waals surface area contributed by atoms with Gasteiger partial charge in [0.05, 0.1) is 12.8 Å². The Morgan fingerprint density at radius 2 is 1.58 bits per heavy atom. The zero-order chi connectivity index (χ0) is 27.3. The normalized spacial score (nSPS) is 17.9. The van der Waals surface area contributed by atoms with E-state index in [-0.39, 0.29) is 30.0 Å². The molecule has 0 aliphatic carbocycles. The summed E-state index contributed by atoms with van der Waals surface area (Å²) < 4.78 is 40.8. The number of alkyl halides is 3. The van der Waals surface area contributed by atoms with Crippen molar-refractivity contribution in [3.63, 3.8) is 0 Å². The number of carbonyl (C=O) groups excluding carboxylic acids is 2. The molecule has 38 heavy (non-hydrogen) atoms. The van der Waals surface area contributed by atoms with E-state index in [2.05, 4.69) is 40.1 Å². The first kappa shape index (κ1) is 28.0. The predicted octanol–water partition coefficient (Wildman–Crippen LogP) is 4.56. The average molecular weight is 532 g/mol. The highest BCUT2D eigenvalue weighted by atomic mass is 19.4. The number of rotatable bonds is 7. The molecular formula is C29H36F3N3O3. The number of aryl methyl sites for hydroxylation is 2. The van der Waals surface area contributed by atoms with Crippen LogP contribution in [0.4, 0.5) is 13.2 Å². The molecule has 4 rings (SSSR count). The summed E-state index contributed by atoms with van der Waals surface area (Å²) in [5.74, 6) is -0.240. The molecule has 2 saturated heterocycles. The van der Waals surface area contributed by atoms with Gasteiger partial charge in [-0.15, -0.1) is 13.2 Å². The number of nitrogens with one attached hydrogen (secondary N) is 1. The Hall–Kier alpha value is -3.07. The number of piperidine rings is 2. The molecule has 1 N–H and O–H groups in total. The van der Waals surface area contributed by atoms with Crippen LogP contribution < -0.4 is 10.1 Å². The molecule has 0 spiro atoms. The number of hydrogen-bond donors (Lipinski definition) is 1. The lowest BCUT2D eigenvalue weighted by Crippen LogP contribution is -2.52. The number of nitrogens with zero attached hydrogens (tertiary/aromatic N) is 2. The van der Waals surface area contributed by atoms with Crippen molar-refractivity contribution in [2.45, 2.75) is 70.8 Å². The van der Waals surface area contributed by atoms with Crippen LogP contribution in [-0.2, 0) is 22.4 Å². The zero-order valence-corrected chi connectivity index (χ0v) is 22.0. The van der Waals surface area contributed by atoms with Crippen molar-refractivity contribution in [3.8, 4) is 5.75 Å². The van der Waals surface area contributed by atoms with Gasteiger partial charge in [0.25, 0.3) is 0 Å². The Balaban J connectivity index is 1.16. The van der Waals surface area contributed by atoms with Gasteiger partial charge in [-0.3, -0.25) is 9.59 Å². The molecule has 2 aromatic rings. The van der Waals surface area contributed by atoms with Crippen LogP contribution >= 0.6 is 0 Å². The number of halogens is 3. The predicted molar refractivity (Wildman–Crippen MR) is 139 cm³/mol. The second-order valence-electron chi connectivity index (χ2n) is 10.5. The topological polar surface area (TPSA) is 61.9 Å². The monoisotopic (exact) mass is 531 g/mol. The molecule has 0 unspecified atom stereocenters. The van der Waals surface area contributed by atoms with Crippen molar-refractivity contribution in [2.75, 3.05) is 26.2 Å². The Morgan fingerprint density at radius 1 is 0.921 bits per heavy atom. The van der Waals surface area contributed by atoms with Crippen LogP contribution in [0.1, 0.15) is 47.9 Å². The molecule has 2 aliphatic heterocycles. The van der Waals surface area contributed by atoms with Gasteiger partial charge in [-0.1, -0.05) is 35.9 Å². The molecule has 2 amide bonds. The van der Waals surface area contributed by atoms with Gasteiger partial charge in [-0.05, 0) is 68.4 Å². The van der Waals surface area contributed by atoms with Crippen LogP contribution in [0.25, 0.3) is 0 Å². The van der Waals surface area contributed by atoms with Crippen molar-refractivity contribution in [1.29, 1.82) is 0 Å². The lowest BCUT2D eigenvalue weighted by Gasteiger charge is -2.42. The van der Waals surface area contributed by atoms with Gasteiger partial charge in [-0.2, -0.15) is 0 Å². The fourth-order valence-electron chi connectivity index (χ4n) is 5.43. The summed E-state index contributed by atoms with van der Waals surface area (Å²) in [5.41, 5.74) is 4.06. The van der Waals surface area contributed by atoms with Gasteiger partial charge >= 0.3 is 6.36 Å². The van der Waals surface area contributed by atoms with E-state index in [1.165, 1.54) is 29.8 Å². The maximum absolute atomic E-state index is 12.9. The van der Waals surface area contributed by atoms with E-state index in [4.69, 9.17) is 0 Å². The molecule has 2 aromatic carbocycles. The quantitative estimate of drug-likeness (QED) is 0.569. The highest BCUT2D eigenvalue weighted by Gasteiger charge is 2.31. The first-order valence-electron chi connectivity index (χ1n) is 13.3. The lowest BCUT2D eigenvalue weighted by molar-refractivity contribution is -0.274. The van der Waals surface area contributed by atoms with Crippen molar-refractivity contribution >= 4 is 11.8 Å². The molecule has 2 aliphatic rings. The van der Waals surface area contributed by atoms with Gasteiger partial charge < -0.3 is 19.9 Å². The number of ether oxygens (including phenoxy) is 1. The molecule has 2 heterocycles. The Labute approximate surface area is 222 Å². The summed E-state index contributed by atoms with van der Waals surface area (Å²) in [6, 6.07) is 12.2. The van der Waals surface area contributed by atoms with E-state index >= 15 is 0 Å². The summed E-state index contributed by atoms with van der Waals surface area (Å²) in [4.78, 5) is 29.8. The van der Waals surface area contributed by atoms with Gasteiger partial charge in [0.1, 0.15) is 5.75 Å². The van der Waals surface area contributed by atoms with Gasteiger partial charge in [0.2, 0.25) is 11.8 Å². The standard InChI is InChI=1S/C29H36F3N3O3/c1-20-3-4-21(2)23(17-20)19-28(37)35-15-11-25(12-16-35)34-13-9-24(10-14-34)33-27(36)18-22-5-7-26(8-6-22)38-29(30,31)32/h3-8,17,24-25H,9-16,18-19H2,1-2H3,(H,33,36). The molecule has 9 heteroatoms. The van der Waals surface area contributed by atoms with E-state index in [9.17, 15) is 22.8 Å². The maximum Gasteiger partial charge on any atom is 0.573 e. The molecule has 0 saturated carbocycles. The van der Waals surface area contributed by atoms with Crippen LogP contribution in [0.5, 0.6) is 5.75 Å². The Kier molecular flexibility index (Phi) is 8.97. The molecule has 0 bridgehead atoms. The van der Waals surface area contributed by atoms with E-state index in [0.717, 1.165) is 63.0 Å². The number of amides is 2. The number of benzene rings is 2. The number of carbonyl (C=O) groups is 2. The van der Waals surface area contributed by atoms with Crippen molar-refractivity contribution in [3.05, 3.63) is 64.7 Å². The lowest BCUT2D eigenvalue weighted by atomic mass is 9.96. The Bertz CT molecular complexity index is 1100. The van der Waals surface area contributed by atoms with Crippen LogP contribution in [0.2, 0.25) is 0 Å². The van der Waals surface area contributed by atoms with Crippen molar-refractivity contribution < 1.29 is 27.5 Å². The second kappa shape index (κ2) is 12.2. The summed E-state index contributed by atoms with van der Waals surface area (Å²) in [7, 11) is 0. The smallest absolute Gasteiger partial charge is 0.406 e. The molecular weight excluding hydrogens is 495 g/mol. The van der Waals surface area contributed by atoms with Crippen LogP contribution in [0, 0.1) is 13.8 Å². The third kappa shape index (κ3) is 7.96. The first-order valence-corrected chi connectivity index (χ1v) is 13.3. The highest BCUT2D eigenvalue weighted by Crippen LogP contribution is 2.24. The third-order valence-corrected chi connectivity index (χ3v) is 7.60. The van der Waals surface area contributed by atoms with E-state index in [1.54, 1.807) is 0 Å². The summed E-state index contributed by atoms with van der Waals surface area (Å²) in [6.45, 7) is 7.45. The summed E-state index contributed by atoms with van der Waals surface area (Å²) in [6.07, 6.45) is -0.530. The van der Waals surface area contributed by atoms with E-state index in [1.807, 2.05) is 11.8 Å². The van der Waals surface area contributed by atoms with E-state index in [0.29, 0.717) is 18.0 Å². The molecule has 6 nitrogen and oxygen atoms in total. The molecule has 0 atom stereocenters. The summed E-state index contributed by atoms with van der Waals surface area (Å²) >= 11 is 0. The SMILES string of the molecule is Cc1ccc(C)c(CC(=O)N2CCC(N3CCC(NC(=O)Cc4ccc(OC(F)(F)F)cc4)CC3)CC2)c1. The fraction of sp³-hybridized carbons (Fsp3) is 0.517. The molecule has 0 radical (unpaired) electrons. The minimum atomic E-state index is -4.73. The zero-order valence-electron chi connectivity index (χ0n) is 22.0. The summed E-state index contributed by atoms with van der Waals surface area (Å²) in [5, 5.41) is 3.07. The maximum atomic E-state index is 12.9. The van der Waals surface area contributed by atoms with Crippen LogP contribution in [-0.4, -0.2) is 66.2 Å². The minimum absolute atomic E-state index is 0.0887. The van der Waals surface area contributed by atoms with Crippen LogP contribution in [0.15, 0.2) is 42.5 Å². The van der Waals surface area contributed by atoms with Gasteiger partial charge in [0, 0.05) is 38.3 Å². The largest absolute Gasteiger partial charge is 0.573 e. The average Bonchev–Trinajstić information content (AvgIpc) is 2.87. The Morgan fingerprint density at radius 3 is 2.21 bits per heavy atom. The van der Waals surface area contributed by atoms with Crippen molar-refractivity contribution in [2.24, 2.45) is 0 Å². The molecule has 206 valence electrons. The molecule has 2 fully saturated rings. The highest BCUT2D eigenvalue weighted by molar-refractivity contribution is 5.79. The number of likely N-dealkylation sites (tertiary alicyclic amines) is 2. The number of hydrogen-bond acceptors (Lipinski definition) is 4. The minimum Gasteiger partial charge on any atom is -0.406 e. The fourth-order valence-corrected chi connectivity index (χ4v) is 5.43. The van der Waals surface area contributed by atoms with E-state index < -0.39 is 6.36 Å². The van der Waals surface area contributed by atoms with Crippen molar-refractivity contribution in [1.82, 2.24) is 15.1 Å².